The predicted octanol–water partition coefficient (Wildman–Crippen LogP) is 0.441. The van der Waals surface area contributed by atoms with Gasteiger partial charge in [-0.05, 0) is 39.5 Å². The standard InChI is InChI=1S/C13H23N3O4/c1-13(2,11(18)19)5-6-15-12(20)16-9-4-3-8(7-9)10(14)17/h8-9H,3-7H2,1-2H3,(H2,14,17)(H,18,19)(H2,15,16,20)/t8-,9+/m0/s1. The summed E-state index contributed by atoms with van der Waals surface area (Å²) < 4.78 is 0. The topological polar surface area (TPSA) is 122 Å². The molecule has 1 saturated carbocycles. The van der Waals surface area contributed by atoms with E-state index < -0.39 is 11.4 Å². The maximum atomic E-state index is 11.6. The monoisotopic (exact) mass is 285 g/mol. The summed E-state index contributed by atoms with van der Waals surface area (Å²) in [6.45, 7) is 3.52. The number of amides is 3. The Labute approximate surface area is 118 Å². The number of nitrogens with one attached hydrogen (secondary N) is 2. The van der Waals surface area contributed by atoms with Gasteiger partial charge in [0.15, 0.2) is 0 Å². The van der Waals surface area contributed by atoms with Crippen molar-refractivity contribution in [2.75, 3.05) is 6.54 Å². The molecule has 1 aliphatic carbocycles. The van der Waals surface area contributed by atoms with E-state index in [1.807, 2.05) is 0 Å². The van der Waals surface area contributed by atoms with Crippen molar-refractivity contribution in [1.29, 1.82) is 0 Å². The van der Waals surface area contributed by atoms with Gasteiger partial charge in [-0.3, -0.25) is 9.59 Å². The fourth-order valence-electron chi connectivity index (χ4n) is 2.20. The second-order valence-electron chi connectivity index (χ2n) is 5.95. The van der Waals surface area contributed by atoms with E-state index in [0.717, 1.165) is 6.42 Å². The van der Waals surface area contributed by atoms with Crippen molar-refractivity contribution in [3.05, 3.63) is 0 Å². The normalized spacial score (nSPS) is 22.3. The Hall–Kier alpha value is -1.79. The lowest BCUT2D eigenvalue weighted by Gasteiger charge is -2.19. The van der Waals surface area contributed by atoms with Crippen molar-refractivity contribution in [3.8, 4) is 0 Å². The van der Waals surface area contributed by atoms with Gasteiger partial charge in [0, 0.05) is 18.5 Å². The minimum absolute atomic E-state index is 0.0417. The number of primary amides is 1. The zero-order chi connectivity index (χ0) is 15.3. The molecule has 7 heteroatoms. The van der Waals surface area contributed by atoms with Gasteiger partial charge in [-0.1, -0.05) is 0 Å². The number of carboxylic acid groups (broad SMARTS) is 1. The number of carboxylic acids is 1. The van der Waals surface area contributed by atoms with Crippen LogP contribution in [0.15, 0.2) is 0 Å². The highest BCUT2D eigenvalue weighted by atomic mass is 16.4. The van der Waals surface area contributed by atoms with Gasteiger partial charge in [0.05, 0.1) is 5.41 Å². The quantitative estimate of drug-likeness (QED) is 0.565. The van der Waals surface area contributed by atoms with Crippen LogP contribution in [0.1, 0.15) is 39.5 Å². The van der Waals surface area contributed by atoms with Crippen LogP contribution >= 0.6 is 0 Å². The lowest BCUT2D eigenvalue weighted by atomic mass is 9.90. The van der Waals surface area contributed by atoms with E-state index in [4.69, 9.17) is 10.8 Å². The molecule has 0 spiro atoms. The number of urea groups is 1. The third-order valence-corrected chi connectivity index (χ3v) is 3.78. The summed E-state index contributed by atoms with van der Waals surface area (Å²) in [5, 5.41) is 14.4. The number of rotatable bonds is 6. The second kappa shape index (κ2) is 6.58. The van der Waals surface area contributed by atoms with Crippen LogP contribution < -0.4 is 16.4 Å². The first-order chi connectivity index (χ1) is 9.22. The summed E-state index contributed by atoms with van der Waals surface area (Å²) in [7, 11) is 0. The van der Waals surface area contributed by atoms with E-state index in [0.29, 0.717) is 19.3 Å². The van der Waals surface area contributed by atoms with Crippen LogP contribution in [-0.4, -0.2) is 35.6 Å². The SMILES string of the molecule is CC(C)(CCNC(=O)N[C@@H]1CC[C@H](C(N)=O)C1)C(=O)O. The third kappa shape index (κ3) is 4.71. The molecule has 0 aromatic rings. The van der Waals surface area contributed by atoms with E-state index >= 15 is 0 Å². The van der Waals surface area contributed by atoms with Crippen LogP contribution in [-0.2, 0) is 9.59 Å². The molecular weight excluding hydrogens is 262 g/mol. The van der Waals surface area contributed by atoms with E-state index in [1.165, 1.54) is 0 Å². The van der Waals surface area contributed by atoms with Crippen LogP contribution in [0.5, 0.6) is 0 Å². The first kappa shape index (κ1) is 16.3. The Morgan fingerprint density at radius 1 is 1.30 bits per heavy atom. The van der Waals surface area contributed by atoms with Gasteiger partial charge in [0.2, 0.25) is 5.91 Å². The zero-order valence-electron chi connectivity index (χ0n) is 11.9. The Morgan fingerprint density at radius 2 is 1.95 bits per heavy atom. The van der Waals surface area contributed by atoms with E-state index in [1.54, 1.807) is 13.8 Å². The zero-order valence-corrected chi connectivity index (χ0v) is 11.9. The Bertz CT molecular complexity index is 395. The Kier molecular flexibility index (Phi) is 5.35. The first-order valence-electron chi connectivity index (χ1n) is 6.79. The molecule has 0 saturated heterocycles. The molecule has 0 radical (unpaired) electrons. The summed E-state index contributed by atoms with van der Waals surface area (Å²) in [6, 6.07) is -0.374. The van der Waals surface area contributed by atoms with Gasteiger partial charge in [-0.25, -0.2) is 4.79 Å². The first-order valence-corrected chi connectivity index (χ1v) is 6.79. The molecule has 20 heavy (non-hydrogen) atoms. The van der Waals surface area contributed by atoms with Crippen molar-refractivity contribution in [3.63, 3.8) is 0 Å². The molecular formula is C13H23N3O4. The molecule has 1 rings (SSSR count). The molecule has 7 nitrogen and oxygen atoms in total. The van der Waals surface area contributed by atoms with Gasteiger partial charge in [0.1, 0.15) is 0 Å². The molecule has 0 heterocycles. The third-order valence-electron chi connectivity index (χ3n) is 3.78. The van der Waals surface area contributed by atoms with Gasteiger partial charge >= 0.3 is 12.0 Å². The van der Waals surface area contributed by atoms with E-state index in [2.05, 4.69) is 10.6 Å². The largest absolute Gasteiger partial charge is 0.481 e. The molecule has 0 unspecified atom stereocenters. The predicted molar refractivity (Wildman–Crippen MR) is 72.9 cm³/mol. The summed E-state index contributed by atoms with van der Waals surface area (Å²) in [5.74, 6) is -1.37. The van der Waals surface area contributed by atoms with Crippen molar-refractivity contribution < 1.29 is 19.5 Å². The summed E-state index contributed by atoms with van der Waals surface area (Å²) in [5.41, 5.74) is 4.36. The van der Waals surface area contributed by atoms with E-state index in [9.17, 15) is 14.4 Å². The lowest BCUT2D eigenvalue weighted by molar-refractivity contribution is -0.147. The van der Waals surface area contributed by atoms with Gasteiger partial charge in [-0.2, -0.15) is 0 Å². The van der Waals surface area contributed by atoms with Crippen LogP contribution in [0.25, 0.3) is 0 Å². The summed E-state index contributed by atoms with van der Waals surface area (Å²) >= 11 is 0. The minimum atomic E-state index is -0.889. The van der Waals surface area contributed by atoms with Crippen molar-refractivity contribution in [2.45, 2.75) is 45.6 Å². The van der Waals surface area contributed by atoms with Crippen LogP contribution in [0.4, 0.5) is 4.79 Å². The van der Waals surface area contributed by atoms with Crippen LogP contribution in [0.3, 0.4) is 0 Å². The number of hydrogen-bond acceptors (Lipinski definition) is 3. The molecule has 114 valence electrons. The summed E-state index contributed by atoms with van der Waals surface area (Å²) in [6.07, 6.45) is 2.36. The molecule has 1 fully saturated rings. The Morgan fingerprint density at radius 3 is 2.45 bits per heavy atom. The smallest absolute Gasteiger partial charge is 0.315 e. The maximum absolute atomic E-state index is 11.6. The van der Waals surface area contributed by atoms with Crippen LogP contribution in [0.2, 0.25) is 0 Å². The van der Waals surface area contributed by atoms with Crippen molar-refractivity contribution in [1.82, 2.24) is 10.6 Å². The van der Waals surface area contributed by atoms with Crippen LogP contribution in [0, 0.1) is 11.3 Å². The highest BCUT2D eigenvalue weighted by molar-refractivity contribution is 5.78. The molecule has 3 amide bonds. The molecule has 1 aliphatic rings. The van der Waals surface area contributed by atoms with Gasteiger partial charge in [0.25, 0.3) is 0 Å². The highest BCUT2D eigenvalue weighted by Crippen LogP contribution is 2.25. The Balaban J connectivity index is 2.25. The molecule has 0 aromatic carbocycles. The number of nitrogens with two attached hydrogens (primary N) is 1. The number of carbonyl (C=O) groups excluding carboxylic acids is 2. The molecule has 5 N–H and O–H groups in total. The fraction of sp³-hybridized carbons (Fsp3) is 0.769. The van der Waals surface area contributed by atoms with Crippen molar-refractivity contribution >= 4 is 17.9 Å². The van der Waals surface area contributed by atoms with Gasteiger partial charge in [-0.15, -0.1) is 0 Å². The molecule has 0 aromatic heterocycles. The minimum Gasteiger partial charge on any atom is -0.481 e. The molecule has 2 atom stereocenters. The number of hydrogen-bond donors (Lipinski definition) is 4. The highest BCUT2D eigenvalue weighted by Gasteiger charge is 2.30. The second-order valence-corrected chi connectivity index (χ2v) is 5.95. The summed E-state index contributed by atoms with van der Waals surface area (Å²) in [4.78, 5) is 33.6. The number of carbonyl (C=O) groups is 3. The number of aliphatic carboxylic acids is 1. The molecule has 0 aliphatic heterocycles. The van der Waals surface area contributed by atoms with Crippen molar-refractivity contribution in [2.24, 2.45) is 17.1 Å². The maximum Gasteiger partial charge on any atom is 0.315 e. The average Bonchev–Trinajstić information content (AvgIpc) is 2.77. The molecule has 0 bridgehead atoms. The average molecular weight is 285 g/mol. The van der Waals surface area contributed by atoms with Gasteiger partial charge < -0.3 is 21.5 Å². The lowest BCUT2D eigenvalue weighted by Crippen LogP contribution is -2.42. The van der Waals surface area contributed by atoms with E-state index in [-0.39, 0.29) is 30.4 Å². The fourth-order valence-corrected chi connectivity index (χ4v) is 2.20.